The second-order valence-electron chi connectivity index (χ2n) is 6.48. The van der Waals surface area contributed by atoms with Crippen LogP contribution in [-0.4, -0.2) is 36.2 Å². The molecule has 1 atom stereocenters. The quantitative estimate of drug-likeness (QED) is 0.428. The van der Waals surface area contributed by atoms with Gasteiger partial charge < -0.3 is 10.0 Å². The fourth-order valence-corrected chi connectivity index (χ4v) is 2.64. The molecule has 1 N–H and O–H groups in total. The molecule has 1 unspecified atom stereocenters. The molecule has 0 aliphatic carbocycles. The lowest BCUT2D eigenvalue weighted by molar-refractivity contribution is 0.174. The van der Waals surface area contributed by atoms with Gasteiger partial charge in [0.05, 0.1) is 6.10 Å². The van der Waals surface area contributed by atoms with E-state index in [0.29, 0.717) is 0 Å². The monoisotopic (exact) mass is 285 g/mol. The zero-order chi connectivity index (χ0) is 15.1. The van der Waals surface area contributed by atoms with Gasteiger partial charge in [-0.2, -0.15) is 0 Å². The number of nitrogens with zero attached hydrogens (tertiary/aromatic N) is 1. The Kier molecular flexibility index (Phi) is 15.3. The summed E-state index contributed by atoms with van der Waals surface area (Å²) in [6.45, 7) is 6.50. The van der Waals surface area contributed by atoms with E-state index >= 15 is 0 Å². The Morgan fingerprint density at radius 1 is 0.750 bits per heavy atom. The molecule has 0 fully saturated rings. The van der Waals surface area contributed by atoms with Crippen molar-refractivity contribution in [1.29, 1.82) is 0 Å². The van der Waals surface area contributed by atoms with Crippen molar-refractivity contribution in [2.45, 2.75) is 97.0 Å². The van der Waals surface area contributed by atoms with Crippen LogP contribution in [0.1, 0.15) is 90.9 Å². The zero-order valence-corrected chi connectivity index (χ0v) is 14.4. The predicted octanol–water partition coefficient (Wildman–Crippen LogP) is 5.00. The van der Waals surface area contributed by atoms with Crippen molar-refractivity contribution in [3.8, 4) is 0 Å². The summed E-state index contributed by atoms with van der Waals surface area (Å²) in [5.74, 6) is 0. The first-order valence-corrected chi connectivity index (χ1v) is 9.03. The maximum absolute atomic E-state index is 9.21. The Bertz CT molecular complexity index is 182. The predicted molar refractivity (Wildman–Crippen MR) is 90.3 cm³/mol. The summed E-state index contributed by atoms with van der Waals surface area (Å²) in [6.07, 6.45) is 16.0. The van der Waals surface area contributed by atoms with Crippen LogP contribution in [-0.2, 0) is 0 Å². The second kappa shape index (κ2) is 15.3. The summed E-state index contributed by atoms with van der Waals surface area (Å²) in [7, 11) is 2.20. The molecule has 0 heterocycles. The van der Waals surface area contributed by atoms with E-state index in [1.165, 1.54) is 70.8 Å². The third kappa shape index (κ3) is 16.0. The molecule has 2 heteroatoms. The summed E-state index contributed by atoms with van der Waals surface area (Å²) in [4.78, 5) is 2.41. The van der Waals surface area contributed by atoms with E-state index in [1.807, 2.05) is 6.92 Å². The summed E-state index contributed by atoms with van der Waals surface area (Å²) in [6, 6.07) is 0. The van der Waals surface area contributed by atoms with Crippen LogP contribution < -0.4 is 0 Å². The number of rotatable bonds is 15. The van der Waals surface area contributed by atoms with Crippen LogP contribution in [0.5, 0.6) is 0 Å². The number of hydrogen-bond donors (Lipinski definition) is 1. The largest absolute Gasteiger partial charge is 0.393 e. The molecule has 0 aliphatic rings. The Labute approximate surface area is 127 Å². The number of aliphatic hydroxyl groups excluding tert-OH is 1. The van der Waals surface area contributed by atoms with Crippen molar-refractivity contribution in [2.75, 3.05) is 20.1 Å². The first-order valence-electron chi connectivity index (χ1n) is 9.03. The summed E-state index contributed by atoms with van der Waals surface area (Å²) in [5.41, 5.74) is 0. The van der Waals surface area contributed by atoms with Crippen LogP contribution in [0.15, 0.2) is 0 Å². The molecule has 20 heavy (non-hydrogen) atoms. The van der Waals surface area contributed by atoms with E-state index in [2.05, 4.69) is 18.9 Å². The molecule has 0 saturated carbocycles. The van der Waals surface area contributed by atoms with Gasteiger partial charge in [-0.15, -0.1) is 0 Å². The molecule has 2 nitrogen and oxygen atoms in total. The summed E-state index contributed by atoms with van der Waals surface area (Å²) >= 11 is 0. The van der Waals surface area contributed by atoms with Gasteiger partial charge in [-0.3, -0.25) is 0 Å². The molecule has 0 aromatic heterocycles. The summed E-state index contributed by atoms with van der Waals surface area (Å²) < 4.78 is 0. The minimum absolute atomic E-state index is 0.138. The second-order valence-corrected chi connectivity index (χ2v) is 6.48. The van der Waals surface area contributed by atoms with Gasteiger partial charge in [0.1, 0.15) is 0 Å². The molecule has 0 aromatic rings. The van der Waals surface area contributed by atoms with Gasteiger partial charge in [-0.25, -0.2) is 0 Å². The minimum Gasteiger partial charge on any atom is -0.393 e. The molecule has 0 saturated heterocycles. The van der Waals surface area contributed by atoms with Gasteiger partial charge in [0, 0.05) is 0 Å². The van der Waals surface area contributed by atoms with E-state index in [0.717, 1.165) is 19.4 Å². The lowest BCUT2D eigenvalue weighted by Gasteiger charge is -2.16. The number of hydrogen-bond acceptors (Lipinski definition) is 2. The minimum atomic E-state index is -0.138. The van der Waals surface area contributed by atoms with Gasteiger partial charge in [0.25, 0.3) is 0 Å². The third-order valence-electron chi connectivity index (χ3n) is 4.06. The van der Waals surface area contributed by atoms with E-state index < -0.39 is 0 Å². The fraction of sp³-hybridized carbons (Fsp3) is 1.00. The van der Waals surface area contributed by atoms with Crippen LogP contribution in [0.3, 0.4) is 0 Å². The summed E-state index contributed by atoms with van der Waals surface area (Å²) in [5, 5.41) is 9.21. The lowest BCUT2D eigenvalue weighted by atomic mass is 10.1. The van der Waals surface area contributed by atoms with E-state index in [9.17, 15) is 5.11 Å². The van der Waals surface area contributed by atoms with Gasteiger partial charge >= 0.3 is 0 Å². The van der Waals surface area contributed by atoms with Gasteiger partial charge in [0.2, 0.25) is 0 Å². The molecule has 0 amide bonds. The van der Waals surface area contributed by atoms with Crippen molar-refractivity contribution in [3.63, 3.8) is 0 Å². The molecule has 0 rings (SSSR count). The van der Waals surface area contributed by atoms with Crippen LogP contribution in [0, 0.1) is 0 Å². The normalized spacial score (nSPS) is 13.1. The standard InChI is InChI=1S/C18H39NO/c1-4-5-6-7-8-9-10-11-12-13-16-19(3)17-14-15-18(2)20/h18,20H,4-17H2,1-3H3. The van der Waals surface area contributed by atoms with Crippen molar-refractivity contribution in [3.05, 3.63) is 0 Å². The Morgan fingerprint density at radius 3 is 1.70 bits per heavy atom. The zero-order valence-electron chi connectivity index (χ0n) is 14.4. The highest BCUT2D eigenvalue weighted by molar-refractivity contribution is 4.55. The molecule has 0 bridgehead atoms. The molecule has 0 spiro atoms. The molecule has 0 aliphatic heterocycles. The van der Waals surface area contributed by atoms with E-state index in [1.54, 1.807) is 0 Å². The van der Waals surface area contributed by atoms with Crippen molar-refractivity contribution >= 4 is 0 Å². The number of aliphatic hydroxyl groups is 1. The Hall–Kier alpha value is -0.0800. The van der Waals surface area contributed by atoms with Gasteiger partial charge in [0.15, 0.2) is 0 Å². The highest BCUT2D eigenvalue weighted by Gasteiger charge is 2.00. The first-order chi connectivity index (χ1) is 9.66. The highest BCUT2D eigenvalue weighted by Crippen LogP contribution is 2.10. The molecular formula is C18H39NO. The number of unbranched alkanes of at least 4 members (excludes halogenated alkanes) is 9. The smallest absolute Gasteiger partial charge is 0.0512 e. The van der Waals surface area contributed by atoms with Crippen LogP contribution in [0.25, 0.3) is 0 Å². The molecule has 0 radical (unpaired) electrons. The lowest BCUT2D eigenvalue weighted by Crippen LogP contribution is -2.21. The van der Waals surface area contributed by atoms with Crippen molar-refractivity contribution < 1.29 is 5.11 Å². The van der Waals surface area contributed by atoms with Crippen LogP contribution in [0.4, 0.5) is 0 Å². The molecule has 122 valence electrons. The molecule has 0 aromatic carbocycles. The fourth-order valence-electron chi connectivity index (χ4n) is 2.64. The molecular weight excluding hydrogens is 246 g/mol. The maximum atomic E-state index is 9.21. The van der Waals surface area contributed by atoms with Gasteiger partial charge in [-0.05, 0) is 46.3 Å². The van der Waals surface area contributed by atoms with Crippen LogP contribution in [0.2, 0.25) is 0 Å². The topological polar surface area (TPSA) is 23.5 Å². The van der Waals surface area contributed by atoms with Crippen molar-refractivity contribution in [2.24, 2.45) is 0 Å². The van der Waals surface area contributed by atoms with Crippen molar-refractivity contribution in [1.82, 2.24) is 4.90 Å². The maximum Gasteiger partial charge on any atom is 0.0512 e. The highest BCUT2D eigenvalue weighted by atomic mass is 16.3. The first kappa shape index (κ1) is 19.9. The van der Waals surface area contributed by atoms with E-state index in [4.69, 9.17) is 0 Å². The van der Waals surface area contributed by atoms with Crippen LogP contribution >= 0.6 is 0 Å². The average Bonchev–Trinajstić information content (AvgIpc) is 2.40. The van der Waals surface area contributed by atoms with Gasteiger partial charge in [-0.1, -0.05) is 64.7 Å². The third-order valence-corrected chi connectivity index (χ3v) is 4.06. The Balaban J connectivity index is 3.11. The average molecular weight is 286 g/mol. The Morgan fingerprint density at radius 2 is 1.20 bits per heavy atom. The van der Waals surface area contributed by atoms with E-state index in [-0.39, 0.29) is 6.10 Å². The SMILES string of the molecule is CCCCCCCCCCCCN(C)CCCC(C)O.